The second kappa shape index (κ2) is 9.08. The van der Waals surface area contributed by atoms with Crippen LogP contribution in [0.5, 0.6) is 5.75 Å². The molecule has 0 spiro atoms. The lowest BCUT2D eigenvalue weighted by atomic mass is 10.0. The standard InChI is InChI=1S/C27H26N4OS/c1-3-19-9-11-21(12-10-19)31-26(25(29-27(31)33)23-7-4-5-17-28-23)24-8-6-18-30(24)20-13-15-22(32-2)16-14-20/h4-18,25-26H,3H2,1-2H3,(H,29,33). The quantitative estimate of drug-likeness (QED) is 0.383. The van der Waals surface area contributed by atoms with E-state index in [4.69, 9.17) is 17.0 Å². The summed E-state index contributed by atoms with van der Waals surface area (Å²) in [5, 5.41) is 4.24. The van der Waals surface area contributed by atoms with Crippen molar-refractivity contribution in [3.05, 3.63) is 108 Å². The van der Waals surface area contributed by atoms with E-state index in [0.29, 0.717) is 5.11 Å². The molecule has 4 aromatic rings. The monoisotopic (exact) mass is 454 g/mol. The van der Waals surface area contributed by atoms with Gasteiger partial charge in [0.2, 0.25) is 0 Å². The van der Waals surface area contributed by atoms with Gasteiger partial charge in [0.05, 0.1) is 18.8 Å². The number of thiocarbonyl (C=S) groups is 1. The van der Waals surface area contributed by atoms with Gasteiger partial charge in [0.1, 0.15) is 11.8 Å². The summed E-state index contributed by atoms with van der Waals surface area (Å²) in [6, 6.07) is 26.8. The number of aryl methyl sites for hydroxylation is 1. The summed E-state index contributed by atoms with van der Waals surface area (Å²) in [5.41, 5.74) is 5.52. The smallest absolute Gasteiger partial charge is 0.174 e. The maximum absolute atomic E-state index is 5.87. The molecule has 2 unspecified atom stereocenters. The molecule has 1 aliphatic heterocycles. The number of rotatable bonds is 6. The fourth-order valence-electron chi connectivity index (χ4n) is 4.44. The van der Waals surface area contributed by atoms with Gasteiger partial charge in [0, 0.05) is 29.5 Å². The van der Waals surface area contributed by atoms with Crippen LogP contribution in [-0.4, -0.2) is 21.8 Å². The molecule has 5 nitrogen and oxygen atoms in total. The van der Waals surface area contributed by atoms with Gasteiger partial charge in [-0.05, 0) is 84.9 Å². The Kier molecular flexibility index (Phi) is 5.84. The molecule has 1 aliphatic rings. The molecular formula is C27H26N4OS. The van der Waals surface area contributed by atoms with Gasteiger partial charge in [-0.25, -0.2) is 0 Å². The van der Waals surface area contributed by atoms with Crippen molar-refractivity contribution >= 4 is 23.0 Å². The number of anilines is 1. The van der Waals surface area contributed by atoms with Crippen molar-refractivity contribution < 1.29 is 4.74 Å². The van der Waals surface area contributed by atoms with Crippen molar-refractivity contribution in [2.45, 2.75) is 25.4 Å². The molecule has 5 rings (SSSR count). The van der Waals surface area contributed by atoms with Crippen LogP contribution < -0.4 is 15.0 Å². The summed E-state index contributed by atoms with van der Waals surface area (Å²) in [6.45, 7) is 2.17. The van der Waals surface area contributed by atoms with E-state index in [-0.39, 0.29) is 12.1 Å². The van der Waals surface area contributed by atoms with E-state index >= 15 is 0 Å². The molecule has 0 aliphatic carbocycles. The van der Waals surface area contributed by atoms with Crippen LogP contribution in [0.2, 0.25) is 0 Å². The van der Waals surface area contributed by atoms with E-state index in [2.05, 4.69) is 87.5 Å². The minimum absolute atomic E-state index is 0.0722. The third-order valence-corrected chi connectivity index (χ3v) is 6.47. The van der Waals surface area contributed by atoms with Crippen LogP contribution in [0.1, 0.15) is 36.0 Å². The minimum atomic E-state index is -0.0866. The molecule has 2 atom stereocenters. The molecule has 0 radical (unpaired) electrons. The highest BCUT2D eigenvalue weighted by Crippen LogP contribution is 2.42. The maximum Gasteiger partial charge on any atom is 0.174 e. The number of hydrogen-bond acceptors (Lipinski definition) is 3. The number of benzene rings is 2. The SMILES string of the molecule is CCc1ccc(N2C(=S)NC(c3ccccn3)C2c2cccn2-c2ccc(OC)cc2)cc1. The van der Waals surface area contributed by atoms with E-state index in [9.17, 15) is 0 Å². The Morgan fingerprint density at radius 2 is 1.70 bits per heavy atom. The van der Waals surface area contributed by atoms with Crippen LogP contribution in [0.15, 0.2) is 91.3 Å². The zero-order valence-corrected chi connectivity index (χ0v) is 19.5. The second-order valence-electron chi connectivity index (χ2n) is 8.02. The molecule has 166 valence electrons. The average molecular weight is 455 g/mol. The Morgan fingerprint density at radius 1 is 0.939 bits per heavy atom. The van der Waals surface area contributed by atoms with Crippen LogP contribution in [0.4, 0.5) is 5.69 Å². The summed E-state index contributed by atoms with van der Waals surface area (Å²) >= 11 is 5.87. The van der Waals surface area contributed by atoms with Gasteiger partial charge in [-0.1, -0.05) is 25.1 Å². The highest BCUT2D eigenvalue weighted by molar-refractivity contribution is 7.80. The Labute approximate surface area is 199 Å². The summed E-state index contributed by atoms with van der Waals surface area (Å²) < 4.78 is 7.56. The predicted molar refractivity (Wildman–Crippen MR) is 136 cm³/mol. The summed E-state index contributed by atoms with van der Waals surface area (Å²) in [4.78, 5) is 6.87. The Hall–Kier alpha value is -3.64. The van der Waals surface area contributed by atoms with Gasteiger partial charge >= 0.3 is 0 Å². The average Bonchev–Trinajstić information content (AvgIpc) is 3.49. The fourth-order valence-corrected chi connectivity index (χ4v) is 4.78. The Bertz CT molecular complexity index is 1240. The van der Waals surface area contributed by atoms with Gasteiger partial charge in [0.15, 0.2) is 5.11 Å². The van der Waals surface area contributed by atoms with E-state index < -0.39 is 0 Å². The molecule has 0 bridgehead atoms. The van der Waals surface area contributed by atoms with E-state index in [1.54, 1.807) is 7.11 Å². The van der Waals surface area contributed by atoms with Crippen molar-refractivity contribution in [2.24, 2.45) is 0 Å². The second-order valence-corrected chi connectivity index (χ2v) is 8.40. The Balaban J connectivity index is 1.62. The zero-order chi connectivity index (χ0) is 22.8. The van der Waals surface area contributed by atoms with Gasteiger partial charge in [-0.3, -0.25) is 4.98 Å². The van der Waals surface area contributed by atoms with Gasteiger partial charge in [-0.2, -0.15) is 0 Å². The lowest BCUT2D eigenvalue weighted by molar-refractivity contribution is 0.414. The number of pyridine rings is 1. The van der Waals surface area contributed by atoms with Crippen molar-refractivity contribution in [3.8, 4) is 11.4 Å². The van der Waals surface area contributed by atoms with Crippen molar-refractivity contribution in [1.29, 1.82) is 0 Å². The summed E-state index contributed by atoms with van der Waals surface area (Å²) in [6.07, 6.45) is 4.92. The van der Waals surface area contributed by atoms with Gasteiger partial charge < -0.3 is 19.5 Å². The molecule has 0 saturated carbocycles. The predicted octanol–water partition coefficient (Wildman–Crippen LogP) is 5.62. The first kappa shape index (κ1) is 21.2. The lowest BCUT2D eigenvalue weighted by Crippen LogP contribution is -2.30. The van der Waals surface area contributed by atoms with Crippen molar-refractivity contribution in [3.63, 3.8) is 0 Å². The molecule has 3 heterocycles. The number of nitrogens with one attached hydrogen (secondary N) is 1. The molecule has 33 heavy (non-hydrogen) atoms. The molecule has 1 fully saturated rings. The number of aromatic nitrogens is 2. The zero-order valence-electron chi connectivity index (χ0n) is 18.7. The summed E-state index contributed by atoms with van der Waals surface area (Å²) in [5.74, 6) is 0.833. The molecule has 0 amide bonds. The van der Waals surface area contributed by atoms with E-state index in [1.165, 1.54) is 5.56 Å². The molecule has 2 aromatic carbocycles. The normalized spacial score (nSPS) is 17.8. The molecular weight excluding hydrogens is 428 g/mol. The van der Waals surface area contributed by atoms with Crippen LogP contribution in [0, 0.1) is 0 Å². The number of hydrogen-bond donors (Lipinski definition) is 1. The first-order valence-corrected chi connectivity index (χ1v) is 11.5. The van der Waals surface area contributed by atoms with Gasteiger partial charge in [-0.15, -0.1) is 0 Å². The third kappa shape index (κ3) is 3.98. The van der Waals surface area contributed by atoms with Crippen LogP contribution in [0.3, 0.4) is 0 Å². The summed E-state index contributed by atoms with van der Waals surface area (Å²) in [7, 11) is 1.68. The maximum atomic E-state index is 5.87. The largest absolute Gasteiger partial charge is 0.497 e. The van der Waals surface area contributed by atoms with Crippen LogP contribution in [0.25, 0.3) is 5.69 Å². The third-order valence-electron chi connectivity index (χ3n) is 6.15. The Morgan fingerprint density at radius 3 is 2.36 bits per heavy atom. The fraction of sp³-hybridized carbons (Fsp3) is 0.185. The topological polar surface area (TPSA) is 42.3 Å². The number of nitrogens with zero attached hydrogens (tertiary/aromatic N) is 3. The number of ether oxygens (including phenoxy) is 1. The molecule has 1 N–H and O–H groups in total. The number of methoxy groups -OCH3 is 1. The van der Waals surface area contributed by atoms with Crippen LogP contribution in [-0.2, 0) is 6.42 Å². The van der Waals surface area contributed by atoms with Crippen molar-refractivity contribution in [1.82, 2.24) is 14.9 Å². The van der Waals surface area contributed by atoms with E-state index in [0.717, 1.165) is 34.9 Å². The molecule has 1 saturated heterocycles. The lowest BCUT2D eigenvalue weighted by Gasteiger charge is -2.29. The molecule has 2 aromatic heterocycles. The van der Waals surface area contributed by atoms with Gasteiger partial charge in [0.25, 0.3) is 0 Å². The first-order valence-electron chi connectivity index (χ1n) is 11.1. The van der Waals surface area contributed by atoms with E-state index in [1.807, 2.05) is 30.5 Å². The first-order chi connectivity index (χ1) is 16.2. The highest BCUT2D eigenvalue weighted by Gasteiger charge is 2.42. The highest BCUT2D eigenvalue weighted by atomic mass is 32.1. The van der Waals surface area contributed by atoms with Crippen LogP contribution >= 0.6 is 12.2 Å². The van der Waals surface area contributed by atoms with Crippen molar-refractivity contribution in [2.75, 3.05) is 12.0 Å². The minimum Gasteiger partial charge on any atom is -0.497 e. The molecule has 6 heteroatoms.